The minimum Gasteiger partial charge on any atom is -0.326 e. The van der Waals surface area contributed by atoms with E-state index in [1.54, 1.807) is 0 Å². The van der Waals surface area contributed by atoms with Gasteiger partial charge in [0.2, 0.25) is 0 Å². The van der Waals surface area contributed by atoms with Crippen LogP contribution in [0.4, 0.5) is 0 Å². The highest BCUT2D eigenvalue weighted by Crippen LogP contribution is 2.26. The van der Waals surface area contributed by atoms with E-state index in [0.29, 0.717) is 6.04 Å². The smallest absolute Gasteiger partial charge is 0.0196 e. The predicted molar refractivity (Wildman–Crippen MR) is 74.1 cm³/mol. The SMILES string of the molecule is NC(CN1CCCCCCC1)C1CCCCC1. The highest BCUT2D eigenvalue weighted by atomic mass is 15.1. The van der Waals surface area contributed by atoms with Gasteiger partial charge < -0.3 is 10.6 Å². The molecule has 0 bridgehead atoms. The molecule has 1 saturated heterocycles. The molecule has 1 unspecified atom stereocenters. The van der Waals surface area contributed by atoms with Gasteiger partial charge in [0.05, 0.1) is 0 Å². The second-order valence-electron chi connectivity index (χ2n) is 6.13. The van der Waals surface area contributed by atoms with Crippen LogP contribution in [0.1, 0.15) is 64.2 Å². The summed E-state index contributed by atoms with van der Waals surface area (Å²) in [6.07, 6.45) is 14.1. The highest BCUT2D eigenvalue weighted by molar-refractivity contribution is 4.79. The predicted octanol–water partition coefficient (Wildman–Crippen LogP) is 3.16. The van der Waals surface area contributed by atoms with E-state index in [-0.39, 0.29) is 0 Å². The Labute approximate surface area is 107 Å². The Balaban J connectivity index is 1.73. The molecule has 1 saturated carbocycles. The second-order valence-corrected chi connectivity index (χ2v) is 6.13. The maximum Gasteiger partial charge on any atom is 0.0196 e. The number of hydrogen-bond acceptors (Lipinski definition) is 2. The molecule has 0 amide bonds. The molecule has 1 aliphatic carbocycles. The van der Waals surface area contributed by atoms with Crippen LogP contribution in [0, 0.1) is 5.92 Å². The van der Waals surface area contributed by atoms with Crippen molar-refractivity contribution in [3.8, 4) is 0 Å². The minimum atomic E-state index is 0.440. The average molecular weight is 238 g/mol. The topological polar surface area (TPSA) is 29.3 Å². The number of hydrogen-bond donors (Lipinski definition) is 1. The Morgan fingerprint density at radius 3 is 2.00 bits per heavy atom. The lowest BCUT2D eigenvalue weighted by Crippen LogP contribution is -2.43. The minimum absolute atomic E-state index is 0.440. The molecule has 2 fully saturated rings. The van der Waals surface area contributed by atoms with E-state index in [4.69, 9.17) is 5.73 Å². The maximum atomic E-state index is 6.43. The summed E-state index contributed by atoms with van der Waals surface area (Å²) in [5.41, 5.74) is 6.43. The molecule has 0 aromatic heterocycles. The summed E-state index contributed by atoms with van der Waals surface area (Å²) in [7, 11) is 0. The van der Waals surface area contributed by atoms with Crippen molar-refractivity contribution in [1.82, 2.24) is 4.90 Å². The Kier molecular flexibility index (Phi) is 5.79. The molecule has 0 spiro atoms. The number of likely N-dealkylation sites (tertiary alicyclic amines) is 1. The van der Waals surface area contributed by atoms with Crippen molar-refractivity contribution in [2.75, 3.05) is 19.6 Å². The van der Waals surface area contributed by atoms with Crippen molar-refractivity contribution in [2.24, 2.45) is 11.7 Å². The lowest BCUT2D eigenvalue weighted by Gasteiger charge is -2.33. The zero-order chi connectivity index (χ0) is 11.9. The first-order chi connectivity index (χ1) is 8.36. The van der Waals surface area contributed by atoms with Crippen molar-refractivity contribution in [3.05, 3.63) is 0 Å². The summed E-state index contributed by atoms with van der Waals surface area (Å²) in [6, 6.07) is 0.440. The fourth-order valence-corrected chi connectivity index (χ4v) is 3.51. The Hall–Kier alpha value is -0.0800. The van der Waals surface area contributed by atoms with Crippen LogP contribution in [0.2, 0.25) is 0 Å². The van der Waals surface area contributed by atoms with Crippen LogP contribution in [0.25, 0.3) is 0 Å². The first-order valence-corrected chi connectivity index (χ1v) is 7.84. The molecule has 2 rings (SSSR count). The van der Waals surface area contributed by atoms with E-state index in [9.17, 15) is 0 Å². The van der Waals surface area contributed by atoms with Gasteiger partial charge in [-0.15, -0.1) is 0 Å². The van der Waals surface area contributed by atoms with Gasteiger partial charge in [0.15, 0.2) is 0 Å². The zero-order valence-corrected chi connectivity index (χ0v) is 11.4. The largest absolute Gasteiger partial charge is 0.326 e. The molecule has 2 aliphatic rings. The van der Waals surface area contributed by atoms with Crippen LogP contribution in [-0.4, -0.2) is 30.6 Å². The molecule has 0 radical (unpaired) electrons. The van der Waals surface area contributed by atoms with E-state index in [1.165, 1.54) is 77.3 Å². The van der Waals surface area contributed by atoms with Gasteiger partial charge in [-0.25, -0.2) is 0 Å². The van der Waals surface area contributed by atoms with Crippen molar-refractivity contribution in [3.63, 3.8) is 0 Å². The van der Waals surface area contributed by atoms with Crippen molar-refractivity contribution >= 4 is 0 Å². The van der Waals surface area contributed by atoms with Crippen LogP contribution >= 0.6 is 0 Å². The third kappa shape index (κ3) is 4.59. The summed E-state index contributed by atoms with van der Waals surface area (Å²) in [5, 5.41) is 0. The second kappa shape index (κ2) is 7.38. The number of nitrogens with zero attached hydrogens (tertiary/aromatic N) is 1. The van der Waals surface area contributed by atoms with Crippen LogP contribution in [0.15, 0.2) is 0 Å². The quantitative estimate of drug-likeness (QED) is 0.818. The van der Waals surface area contributed by atoms with Crippen LogP contribution in [-0.2, 0) is 0 Å². The van der Waals surface area contributed by atoms with E-state index in [2.05, 4.69) is 4.90 Å². The van der Waals surface area contributed by atoms with Crippen molar-refractivity contribution in [1.29, 1.82) is 0 Å². The lowest BCUT2D eigenvalue weighted by molar-refractivity contribution is 0.193. The fourth-order valence-electron chi connectivity index (χ4n) is 3.51. The maximum absolute atomic E-state index is 6.43. The lowest BCUT2D eigenvalue weighted by atomic mass is 9.84. The summed E-state index contributed by atoms with van der Waals surface area (Å²) >= 11 is 0. The normalized spacial score (nSPS) is 27.4. The molecule has 1 heterocycles. The fraction of sp³-hybridized carbons (Fsp3) is 1.00. The Morgan fingerprint density at radius 1 is 0.824 bits per heavy atom. The van der Waals surface area contributed by atoms with Crippen LogP contribution in [0.3, 0.4) is 0 Å². The van der Waals surface area contributed by atoms with Gasteiger partial charge in [0.25, 0.3) is 0 Å². The van der Waals surface area contributed by atoms with Gasteiger partial charge in [0, 0.05) is 12.6 Å². The summed E-state index contributed by atoms with van der Waals surface area (Å²) in [5.74, 6) is 0.814. The van der Waals surface area contributed by atoms with Gasteiger partial charge in [0.1, 0.15) is 0 Å². The standard InChI is InChI=1S/C15H30N2/c16-15(14-9-5-4-6-10-14)13-17-11-7-2-1-3-8-12-17/h14-15H,1-13,16H2. The van der Waals surface area contributed by atoms with E-state index in [0.717, 1.165) is 12.5 Å². The zero-order valence-electron chi connectivity index (χ0n) is 11.4. The molecule has 0 aromatic rings. The van der Waals surface area contributed by atoms with Gasteiger partial charge in [-0.2, -0.15) is 0 Å². The molecule has 2 N–H and O–H groups in total. The van der Waals surface area contributed by atoms with E-state index in [1.807, 2.05) is 0 Å². The van der Waals surface area contributed by atoms with Crippen LogP contribution < -0.4 is 5.73 Å². The summed E-state index contributed by atoms with van der Waals surface area (Å²) in [4.78, 5) is 2.64. The van der Waals surface area contributed by atoms with Gasteiger partial charge in [-0.05, 0) is 44.7 Å². The third-order valence-electron chi connectivity index (χ3n) is 4.67. The van der Waals surface area contributed by atoms with E-state index < -0.39 is 0 Å². The third-order valence-corrected chi connectivity index (χ3v) is 4.67. The Bertz CT molecular complexity index is 191. The molecule has 2 nitrogen and oxygen atoms in total. The van der Waals surface area contributed by atoms with Gasteiger partial charge in [-0.1, -0.05) is 38.5 Å². The average Bonchev–Trinajstić information content (AvgIpc) is 2.33. The van der Waals surface area contributed by atoms with Crippen molar-refractivity contribution < 1.29 is 0 Å². The monoisotopic (exact) mass is 238 g/mol. The summed E-state index contributed by atoms with van der Waals surface area (Å²) < 4.78 is 0. The molecule has 0 aromatic carbocycles. The number of rotatable bonds is 3. The summed E-state index contributed by atoms with van der Waals surface area (Å²) in [6.45, 7) is 3.74. The van der Waals surface area contributed by atoms with Gasteiger partial charge >= 0.3 is 0 Å². The Morgan fingerprint density at radius 2 is 1.35 bits per heavy atom. The van der Waals surface area contributed by atoms with Crippen molar-refractivity contribution in [2.45, 2.75) is 70.3 Å². The molecular weight excluding hydrogens is 208 g/mol. The molecule has 1 aliphatic heterocycles. The first-order valence-electron chi connectivity index (χ1n) is 7.84. The molecule has 100 valence electrons. The number of nitrogens with two attached hydrogens (primary N) is 1. The molecule has 17 heavy (non-hydrogen) atoms. The highest BCUT2D eigenvalue weighted by Gasteiger charge is 2.22. The first kappa shape index (κ1) is 13.4. The van der Waals surface area contributed by atoms with E-state index >= 15 is 0 Å². The van der Waals surface area contributed by atoms with Gasteiger partial charge in [-0.3, -0.25) is 0 Å². The molecule has 2 heteroatoms. The van der Waals surface area contributed by atoms with Crippen LogP contribution in [0.5, 0.6) is 0 Å². The molecular formula is C15H30N2. The molecule has 1 atom stereocenters.